The predicted octanol–water partition coefficient (Wildman–Crippen LogP) is 3.01. The second kappa shape index (κ2) is 5.65. The first-order valence-electron chi connectivity index (χ1n) is 7.43. The van der Waals surface area contributed by atoms with Gasteiger partial charge >= 0.3 is 0 Å². The number of aromatic nitrogens is 2. The normalized spacial score (nSPS) is 22.9. The minimum Gasteiger partial charge on any atom is -0.349 e. The molecule has 20 heavy (non-hydrogen) atoms. The van der Waals surface area contributed by atoms with Gasteiger partial charge in [-0.3, -0.25) is 4.79 Å². The van der Waals surface area contributed by atoms with Crippen LogP contribution in [0, 0.1) is 11.8 Å². The average molecular weight is 271 g/mol. The molecule has 1 aliphatic rings. The summed E-state index contributed by atoms with van der Waals surface area (Å²) in [6, 6.07) is 7.91. The zero-order valence-corrected chi connectivity index (χ0v) is 11.9. The van der Waals surface area contributed by atoms with Crippen LogP contribution in [0.25, 0.3) is 11.0 Å². The summed E-state index contributed by atoms with van der Waals surface area (Å²) in [5, 5.41) is 3.01. The van der Waals surface area contributed by atoms with E-state index in [0.29, 0.717) is 6.54 Å². The number of aromatic amines is 1. The van der Waals surface area contributed by atoms with Gasteiger partial charge in [0.25, 0.3) is 0 Å². The molecule has 2 N–H and O–H groups in total. The number of carbonyl (C=O) groups is 1. The maximum Gasteiger partial charge on any atom is 0.223 e. The summed E-state index contributed by atoms with van der Waals surface area (Å²) in [5.41, 5.74) is 1.96. The second-order valence-electron chi connectivity index (χ2n) is 5.88. The molecule has 4 heteroatoms. The fourth-order valence-electron chi connectivity index (χ4n) is 2.93. The van der Waals surface area contributed by atoms with Gasteiger partial charge in [0.05, 0.1) is 17.6 Å². The number of amides is 1. The number of para-hydroxylation sites is 2. The topological polar surface area (TPSA) is 57.8 Å². The summed E-state index contributed by atoms with van der Waals surface area (Å²) in [6.45, 7) is 2.75. The number of hydrogen-bond donors (Lipinski definition) is 2. The Hall–Kier alpha value is -1.84. The van der Waals surface area contributed by atoms with E-state index in [9.17, 15) is 4.79 Å². The molecule has 0 aliphatic heterocycles. The van der Waals surface area contributed by atoms with Crippen LogP contribution < -0.4 is 5.32 Å². The molecule has 0 bridgehead atoms. The Bertz CT molecular complexity index is 564. The monoisotopic (exact) mass is 271 g/mol. The Labute approximate surface area is 119 Å². The fraction of sp³-hybridized carbons (Fsp3) is 0.500. The summed E-state index contributed by atoms with van der Waals surface area (Å²) in [7, 11) is 0. The van der Waals surface area contributed by atoms with Gasteiger partial charge in [-0.1, -0.05) is 19.1 Å². The average Bonchev–Trinajstić information content (AvgIpc) is 2.88. The number of benzene rings is 1. The van der Waals surface area contributed by atoms with Crippen LogP contribution in [0.4, 0.5) is 0 Å². The molecule has 1 heterocycles. The van der Waals surface area contributed by atoms with Crippen LogP contribution in [-0.4, -0.2) is 15.9 Å². The molecule has 2 aromatic rings. The van der Waals surface area contributed by atoms with Crippen molar-refractivity contribution in [3.63, 3.8) is 0 Å². The van der Waals surface area contributed by atoms with Crippen LogP contribution >= 0.6 is 0 Å². The summed E-state index contributed by atoms with van der Waals surface area (Å²) in [5.74, 6) is 1.96. The van der Waals surface area contributed by atoms with Crippen LogP contribution in [0.1, 0.15) is 38.4 Å². The van der Waals surface area contributed by atoms with Gasteiger partial charge < -0.3 is 10.3 Å². The van der Waals surface area contributed by atoms with E-state index < -0.39 is 0 Å². The Morgan fingerprint density at radius 2 is 2.05 bits per heavy atom. The van der Waals surface area contributed by atoms with E-state index in [0.717, 1.165) is 35.6 Å². The summed E-state index contributed by atoms with van der Waals surface area (Å²) in [6.07, 6.45) is 4.38. The molecule has 1 aromatic carbocycles. The zero-order chi connectivity index (χ0) is 13.9. The molecule has 1 aliphatic carbocycles. The Kier molecular flexibility index (Phi) is 3.72. The third kappa shape index (κ3) is 2.84. The van der Waals surface area contributed by atoms with Gasteiger partial charge in [-0.15, -0.1) is 0 Å². The second-order valence-corrected chi connectivity index (χ2v) is 5.88. The number of nitrogens with zero attached hydrogens (tertiary/aromatic N) is 1. The van der Waals surface area contributed by atoms with Gasteiger partial charge in [0.2, 0.25) is 5.91 Å². The lowest BCUT2D eigenvalue weighted by atomic mass is 9.82. The quantitative estimate of drug-likeness (QED) is 0.901. The summed E-state index contributed by atoms with van der Waals surface area (Å²) < 4.78 is 0. The van der Waals surface area contributed by atoms with Crippen LogP contribution in [0.15, 0.2) is 24.3 Å². The molecular formula is C16H21N3O. The molecule has 1 aromatic heterocycles. The first-order chi connectivity index (χ1) is 9.72. The van der Waals surface area contributed by atoms with Gasteiger partial charge in [-0.2, -0.15) is 0 Å². The molecule has 4 nitrogen and oxygen atoms in total. The van der Waals surface area contributed by atoms with E-state index in [1.807, 2.05) is 24.3 Å². The lowest BCUT2D eigenvalue weighted by Crippen LogP contribution is -2.32. The van der Waals surface area contributed by atoms with Crippen LogP contribution in [-0.2, 0) is 11.3 Å². The highest BCUT2D eigenvalue weighted by molar-refractivity contribution is 5.79. The van der Waals surface area contributed by atoms with Crippen molar-refractivity contribution in [2.45, 2.75) is 39.2 Å². The number of imidazole rings is 1. The third-order valence-corrected chi connectivity index (χ3v) is 4.26. The molecule has 0 atom stereocenters. The number of rotatable bonds is 3. The van der Waals surface area contributed by atoms with Crippen molar-refractivity contribution in [1.29, 1.82) is 0 Å². The van der Waals surface area contributed by atoms with Gasteiger partial charge in [-0.05, 0) is 43.7 Å². The molecule has 0 unspecified atom stereocenters. The smallest absolute Gasteiger partial charge is 0.223 e. The summed E-state index contributed by atoms with van der Waals surface area (Å²) in [4.78, 5) is 19.8. The van der Waals surface area contributed by atoms with Crippen molar-refractivity contribution >= 4 is 16.9 Å². The van der Waals surface area contributed by atoms with Crippen molar-refractivity contribution in [3.8, 4) is 0 Å². The Balaban J connectivity index is 1.57. The van der Waals surface area contributed by atoms with E-state index in [2.05, 4.69) is 22.2 Å². The largest absolute Gasteiger partial charge is 0.349 e. The van der Waals surface area contributed by atoms with E-state index in [1.165, 1.54) is 12.8 Å². The molecule has 106 valence electrons. The van der Waals surface area contributed by atoms with Crippen molar-refractivity contribution in [1.82, 2.24) is 15.3 Å². The first-order valence-corrected chi connectivity index (χ1v) is 7.43. The fourth-order valence-corrected chi connectivity index (χ4v) is 2.93. The Morgan fingerprint density at radius 3 is 2.80 bits per heavy atom. The van der Waals surface area contributed by atoms with Gasteiger partial charge in [0.1, 0.15) is 5.82 Å². The number of fused-ring (bicyclic) bond motifs is 1. The molecule has 3 rings (SSSR count). The number of carbonyl (C=O) groups excluding carboxylic acids is 1. The standard InChI is InChI=1S/C16H21N3O/c1-11-6-8-12(9-7-11)16(20)17-10-15-18-13-4-2-3-5-14(13)19-15/h2-5,11-12H,6-10H2,1H3,(H,17,20)(H,18,19). The third-order valence-electron chi connectivity index (χ3n) is 4.26. The van der Waals surface area contributed by atoms with Gasteiger partial charge in [-0.25, -0.2) is 4.98 Å². The molecular weight excluding hydrogens is 250 g/mol. The van der Waals surface area contributed by atoms with E-state index >= 15 is 0 Å². The summed E-state index contributed by atoms with van der Waals surface area (Å²) >= 11 is 0. The first kappa shape index (κ1) is 13.2. The van der Waals surface area contributed by atoms with Crippen molar-refractivity contribution < 1.29 is 4.79 Å². The molecule has 1 fully saturated rings. The minimum absolute atomic E-state index is 0.178. The lowest BCUT2D eigenvalue weighted by Gasteiger charge is -2.25. The van der Waals surface area contributed by atoms with Gasteiger partial charge in [0, 0.05) is 5.92 Å². The van der Waals surface area contributed by atoms with Crippen LogP contribution in [0.2, 0.25) is 0 Å². The van der Waals surface area contributed by atoms with Crippen molar-refractivity contribution in [3.05, 3.63) is 30.1 Å². The zero-order valence-electron chi connectivity index (χ0n) is 11.9. The lowest BCUT2D eigenvalue weighted by molar-refractivity contribution is -0.126. The Morgan fingerprint density at radius 1 is 1.30 bits per heavy atom. The van der Waals surface area contributed by atoms with E-state index in [4.69, 9.17) is 0 Å². The highest BCUT2D eigenvalue weighted by Crippen LogP contribution is 2.28. The number of nitrogens with one attached hydrogen (secondary N) is 2. The highest BCUT2D eigenvalue weighted by Gasteiger charge is 2.24. The molecule has 1 saturated carbocycles. The maximum atomic E-state index is 12.1. The molecule has 1 amide bonds. The van der Waals surface area contributed by atoms with E-state index in [-0.39, 0.29) is 11.8 Å². The van der Waals surface area contributed by atoms with Crippen LogP contribution in [0.5, 0.6) is 0 Å². The highest BCUT2D eigenvalue weighted by atomic mass is 16.1. The molecule has 0 radical (unpaired) electrons. The maximum absolute atomic E-state index is 12.1. The van der Waals surface area contributed by atoms with Crippen LogP contribution in [0.3, 0.4) is 0 Å². The predicted molar refractivity (Wildman–Crippen MR) is 79.1 cm³/mol. The van der Waals surface area contributed by atoms with E-state index in [1.54, 1.807) is 0 Å². The van der Waals surface area contributed by atoms with Crippen molar-refractivity contribution in [2.75, 3.05) is 0 Å². The molecule has 0 spiro atoms. The SMILES string of the molecule is CC1CCC(C(=O)NCc2nc3ccccc3[nH]2)CC1. The molecule has 0 saturated heterocycles. The van der Waals surface area contributed by atoms with Crippen molar-refractivity contribution in [2.24, 2.45) is 11.8 Å². The van der Waals surface area contributed by atoms with Gasteiger partial charge in [0.15, 0.2) is 0 Å². The number of hydrogen-bond acceptors (Lipinski definition) is 2. The number of H-pyrrole nitrogens is 1. The minimum atomic E-state index is 0.178.